The molecule has 53 heavy (non-hydrogen) atoms. The molecule has 3 aromatic heterocycles. The lowest BCUT2D eigenvalue weighted by Crippen LogP contribution is -2.69. The normalized spacial score (nSPS) is 14.4. The molecule has 12 rings (SSSR count). The Balaban J connectivity index is 1.15. The molecular weight excluding hydrogens is 660 g/mol. The Morgan fingerprint density at radius 3 is 1.77 bits per heavy atom. The Morgan fingerprint density at radius 1 is 0.453 bits per heavy atom. The summed E-state index contributed by atoms with van der Waals surface area (Å²) < 4.78 is 2.29. The maximum Gasteiger partial charge on any atom is 0.265 e. The highest BCUT2D eigenvalue weighted by molar-refractivity contribution is 8.00. The van der Waals surface area contributed by atoms with Crippen LogP contribution >= 0.6 is 11.8 Å². The molecule has 0 N–H and O–H groups in total. The third-order valence-corrected chi connectivity index (χ3v) is 13.1. The summed E-state index contributed by atoms with van der Waals surface area (Å²) in [5.74, 6) is 0. The molecule has 3 aliphatic rings. The Kier molecular flexibility index (Phi) is 6.09. The van der Waals surface area contributed by atoms with Crippen molar-refractivity contribution in [3.63, 3.8) is 0 Å². The van der Waals surface area contributed by atoms with E-state index in [1.165, 1.54) is 59.4 Å². The maximum absolute atomic E-state index is 5.58. The van der Waals surface area contributed by atoms with Gasteiger partial charge in [0.05, 0.1) is 16.4 Å². The van der Waals surface area contributed by atoms with Crippen LogP contribution < -0.4 is 32.9 Å². The van der Waals surface area contributed by atoms with Crippen LogP contribution in [0.25, 0.3) is 27.8 Å². The topological polar surface area (TPSA) is 30.7 Å². The fourth-order valence-corrected chi connectivity index (χ4v) is 11.2. The number of fused-ring (bicyclic) bond motifs is 13. The summed E-state index contributed by atoms with van der Waals surface area (Å²) in [7, 11) is 0. The van der Waals surface area contributed by atoms with Crippen molar-refractivity contribution in [2.75, 3.05) is 0 Å². The standard InChI is InChI=1S/C47H29B2N3S/c1-2-14-30(15-3-1)52-39-24-13-29-50-45(39)46-40(52)27-28-43(51-46)48-35-20-7-4-16-31(35)47(32-17-5-8-21-36(32)48)33-18-6-9-22-37(33)49-38-23-10-11-25-41(38)53-42-26-12-19-34(47)44(42)49/h1-29H. The zero-order valence-corrected chi connectivity index (χ0v) is 29.5. The van der Waals surface area contributed by atoms with Gasteiger partial charge in [0.1, 0.15) is 11.0 Å². The van der Waals surface area contributed by atoms with Gasteiger partial charge in [0.25, 0.3) is 6.71 Å². The van der Waals surface area contributed by atoms with Gasteiger partial charge in [-0.3, -0.25) is 9.97 Å². The largest absolute Gasteiger partial charge is 0.306 e. The van der Waals surface area contributed by atoms with Crippen molar-refractivity contribution in [3.8, 4) is 5.69 Å². The molecule has 0 amide bonds. The SMILES string of the molecule is c1ccc(-n2c3cccnc3c3nc(B4c5ccccc5C5(c6ccccc64)c4ccccc4B4c6ccccc6Sc6cccc5c64)ccc32)cc1. The van der Waals surface area contributed by atoms with Crippen LogP contribution in [-0.4, -0.2) is 28.0 Å². The molecule has 244 valence electrons. The van der Waals surface area contributed by atoms with Gasteiger partial charge in [-0.05, 0) is 70.8 Å². The van der Waals surface area contributed by atoms with Crippen LogP contribution in [0.4, 0.5) is 0 Å². The van der Waals surface area contributed by atoms with E-state index in [1.807, 2.05) is 24.0 Å². The first kappa shape index (κ1) is 29.5. The van der Waals surface area contributed by atoms with Crippen LogP contribution in [0, 0.1) is 0 Å². The molecule has 0 radical (unpaired) electrons. The highest BCUT2D eigenvalue weighted by Crippen LogP contribution is 2.48. The number of hydrogen-bond acceptors (Lipinski definition) is 3. The molecule has 0 bridgehead atoms. The Morgan fingerprint density at radius 2 is 1.04 bits per heavy atom. The minimum absolute atomic E-state index is 0.0595. The third kappa shape index (κ3) is 3.83. The molecule has 3 nitrogen and oxygen atoms in total. The van der Waals surface area contributed by atoms with Gasteiger partial charge in [0.2, 0.25) is 6.71 Å². The Hall–Kier alpha value is -6.10. The first-order valence-electron chi connectivity index (χ1n) is 18.3. The lowest BCUT2D eigenvalue weighted by Gasteiger charge is -2.50. The highest BCUT2D eigenvalue weighted by atomic mass is 32.2. The first-order chi connectivity index (χ1) is 26.3. The minimum Gasteiger partial charge on any atom is -0.306 e. The summed E-state index contributed by atoms with van der Waals surface area (Å²) >= 11 is 1.92. The fraction of sp³-hybridized carbons (Fsp3) is 0.0213. The predicted molar refractivity (Wildman–Crippen MR) is 221 cm³/mol. The van der Waals surface area contributed by atoms with Crippen LogP contribution in [0.3, 0.4) is 0 Å². The fourth-order valence-electron chi connectivity index (χ4n) is 10.0. The summed E-state index contributed by atoms with van der Waals surface area (Å²) in [6.07, 6.45) is 1.88. The average Bonchev–Trinajstić information content (AvgIpc) is 3.56. The molecular formula is C47H29B2N3S. The molecule has 0 unspecified atom stereocenters. The van der Waals surface area contributed by atoms with Gasteiger partial charge in [0.15, 0.2) is 0 Å². The number of nitrogens with zero attached hydrogens (tertiary/aromatic N) is 3. The second kappa shape index (κ2) is 11.0. The molecule has 6 heterocycles. The second-order valence-electron chi connectivity index (χ2n) is 14.4. The van der Waals surface area contributed by atoms with Gasteiger partial charge in [-0.25, -0.2) is 0 Å². The molecule has 6 aromatic carbocycles. The van der Waals surface area contributed by atoms with Crippen molar-refractivity contribution in [1.82, 2.24) is 14.5 Å². The number of pyridine rings is 2. The van der Waals surface area contributed by atoms with E-state index in [4.69, 9.17) is 9.97 Å². The van der Waals surface area contributed by atoms with Gasteiger partial charge >= 0.3 is 0 Å². The number of aromatic nitrogens is 3. The average molecular weight is 689 g/mol. The van der Waals surface area contributed by atoms with Crippen molar-refractivity contribution in [2.24, 2.45) is 0 Å². The van der Waals surface area contributed by atoms with Crippen molar-refractivity contribution < 1.29 is 0 Å². The molecule has 0 aliphatic carbocycles. The van der Waals surface area contributed by atoms with Gasteiger partial charge in [-0.15, -0.1) is 0 Å². The van der Waals surface area contributed by atoms with E-state index in [0.717, 1.165) is 33.3 Å². The minimum atomic E-state index is -0.496. The summed E-state index contributed by atoms with van der Waals surface area (Å²) in [4.78, 5) is 13.2. The quantitative estimate of drug-likeness (QED) is 0.207. The zero-order chi connectivity index (χ0) is 34.7. The van der Waals surface area contributed by atoms with Crippen LogP contribution in [-0.2, 0) is 5.41 Å². The number of rotatable bonds is 2. The van der Waals surface area contributed by atoms with E-state index < -0.39 is 5.41 Å². The molecule has 9 aromatic rings. The molecule has 0 atom stereocenters. The van der Waals surface area contributed by atoms with Crippen molar-refractivity contribution in [2.45, 2.75) is 15.2 Å². The van der Waals surface area contributed by atoms with Crippen molar-refractivity contribution in [1.29, 1.82) is 0 Å². The van der Waals surface area contributed by atoms with Gasteiger partial charge in [-0.1, -0.05) is 160 Å². The smallest absolute Gasteiger partial charge is 0.265 e. The zero-order valence-electron chi connectivity index (χ0n) is 28.6. The number of hydrogen-bond donors (Lipinski definition) is 0. The Labute approximate surface area is 312 Å². The van der Waals surface area contributed by atoms with Crippen LogP contribution in [0.5, 0.6) is 0 Å². The molecule has 6 heteroatoms. The molecule has 0 saturated heterocycles. The van der Waals surface area contributed by atoms with E-state index in [2.05, 4.69) is 168 Å². The molecule has 0 fully saturated rings. The van der Waals surface area contributed by atoms with Gasteiger partial charge < -0.3 is 4.57 Å². The predicted octanol–water partition coefficient (Wildman–Crippen LogP) is 6.08. The van der Waals surface area contributed by atoms with Crippen LogP contribution in [0.15, 0.2) is 186 Å². The number of benzene rings is 6. The molecule has 1 spiro atoms. The third-order valence-electron chi connectivity index (χ3n) is 11.9. The lowest BCUT2D eigenvalue weighted by atomic mass is 9.26. The summed E-state index contributed by atoms with van der Waals surface area (Å²) in [6.45, 7) is 0.117. The van der Waals surface area contributed by atoms with E-state index in [9.17, 15) is 0 Å². The lowest BCUT2D eigenvalue weighted by molar-refractivity contribution is 0.754. The molecule has 3 aliphatic heterocycles. The monoisotopic (exact) mass is 689 g/mol. The maximum atomic E-state index is 5.58. The van der Waals surface area contributed by atoms with Crippen molar-refractivity contribution >= 4 is 80.2 Å². The van der Waals surface area contributed by atoms with E-state index in [1.54, 1.807) is 0 Å². The number of para-hydroxylation sites is 1. The second-order valence-corrected chi connectivity index (χ2v) is 15.5. The van der Waals surface area contributed by atoms with Crippen LogP contribution in [0.2, 0.25) is 0 Å². The van der Waals surface area contributed by atoms with Crippen LogP contribution in [0.1, 0.15) is 22.3 Å². The summed E-state index contributed by atoms with van der Waals surface area (Å²) in [5.41, 5.74) is 17.9. The van der Waals surface area contributed by atoms with Gasteiger partial charge in [0, 0.05) is 27.3 Å². The molecule has 0 saturated carbocycles. The van der Waals surface area contributed by atoms with Gasteiger partial charge in [-0.2, -0.15) is 0 Å². The summed E-state index contributed by atoms with van der Waals surface area (Å²) in [5, 5.41) is 0. The van der Waals surface area contributed by atoms with E-state index in [-0.39, 0.29) is 13.4 Å². The summed E-state index contributed by atoms with van der Waals surface area (Å²) in [6, 6.07) is 62.8. The van der Waals surface area contributed by atoms with E-state index >= 15 is 0 Å². The highest BCUT2D eigenvalue weighted by Gasteiger charge is 2.54. The first-order valence-corrected chi connectivity index (χ1v) is 19.1. The van der Waals surface area contributed by atoms with E-state index in [0.29, 0.717) is 0 Å². The van der Waals surface area contributed by atoms with Crippen molar-refractivity contribution in [3.05, 3.63) is 198 Å². The Bertz CT molecular complexity index is 2930.